The number of halogens is 2. The molecule has 27 heavy (non-hydrogen) atoms. The number of piperazine rings is 1. The number of pyridine rings is 1. The van der Waals surface area contributed by atoms with Crippen LogP contribution in [0.3, 0.4) is 0 Å². The summed E-state index contributed by atoms with van der Waals surface area (Å²) in [5.41, 5.74) is -1.18. The van der Waals surface area contributed by atoms with Gasteiger partial charge in [-0.05, 0) is 32.9 Å². The summed E-state index contributed by atoms with van der Waals surface area (Å²) in [6, 6.07) is 3.22. The molecule has 0 bridgehead atoms. The smallest absolute Gasteiger partial charge is 0.239 e. The lowest BCUT2D eigenvalue weighted by atomic mass is 9.96. The van der Waals surface area contributed by atoms with E-state index < -0.39 is 36.4 Å². The van der Waals surface area contributed by atoms with E-state index in [1.165, 1.54) is 6.92 Å². The molecule has 1 atom stereocenters. The Morgan fingerprint density at radius 2 is 2.15 bits per heavy atom. The van der Waals surface area contributed by atoms with E-state index in [4.69, 9.17) is 4.42 Å². The number of hydrogen-bond donors (Lipinski definition) is 2. The molecule has 3 heterocycles. The number of carbonyl (C=O) groups is 1. The lowest BCUT2D eigenvalue weighted by Crippen LogP contribution is -2.63. The highest BCUT2D eigenvalue weighted by atomic mass is 19.1. The first-order chi connectivity index (χ1) is 12.8. The Hall–Kier alpha value is -2.06. The zero-order valence-electron chi connectivity index (χ0n) is 15.9. The summed E-state index contributed by atoms with van der Waals surface area (Å²) >= 11 is 0. The Balaban J connectivity index is 1.75. The number of hydrogen-bond acceptors (Lipinski definition) is 5. The first-order valence-corrected chi connectivity index (χ1v) is 9.05. The molecule has 3 rings (SSSR count). The summed E-state index contributed by atoms with van der Waals surface area (Å²) in [4.78, 5) is 18.8. The average molecular weight is 380 g/mol. The molecular weight excluding hydrogens is 354 g/mol. The molecule has 2 N–H and O–H groups in total. The second kappa shape index (κ2) is 7.52. The highest BCUT2D eigenvalue weighted by Crippen LogP contribution is 2.32. The van der Waals surface area contributed by atoms with Gasteiger partial charge < -0.3 is 15.1 Å². The van der Waals surface area contributed by atoms with E-state index in [2.05, 4.69) is 20.5 Å². The fraction of sp³-hybridized carbons (Fsp3) is 0.579. The number of nitrogens with one attached hydrogen (secondary N) is 2. The molecule has 6 nitrogen and oxygen atoms in total. The molecule has 0 unspecified atom stereocenters. The SMILES string of the molecule is CC(CF)(CF)NC(=O)[C@@H]1CN(C(C)(C)c2cc3cnccc3o2)CCN1. The van der Waals surface area contributed by atoms with Crippen LogP contribution < -0.4 is 10.6 Å². The molecular formula is C19H26F2N4O2. The van der Waals surface area contributed by atoms with Crippen LogP contribution in [-0.2, 0) is 10.3 Å². The van der Waals surface area contributed by atoms with Gasteiger partial charge >= 0.3 is 0 Å². The largest absolute Gasteiger partial charge is 0.459 e. The quantitative estimate of drug-likeness (QED) is 0.804. The fourth-order valence-electron chi connectivity index (χ4n) is 3.26. The molecule has 2 aromatic heterocycles. The van der Waals surface area contributed by atoms with Crippen molar-refractivity contribution in [1.29, 1.82) is 0 Å². The normalized spacial score (nSPS) is 19.4. The van der Waals surface area contributed by atoms with Gasteiger partial charge in [0.1, 0.15) is 24.7 Å². The third-order valence-corrected chi connectivity index (χ3v) is 5.22. The first kappa shape index (κ1) is 19.7. The van der Waals surface area contributed by atoms with E-state index in [0.29, 0.717) is 13.1 Å². The second-order valence-corrected chi connectivity index (χ2v) is 7.85. The van der Waals surface area contributed by atoms with Gasteiger partial charge in [-0.3, -0.25) is 14.7 Å². The Morgan fingerprint density at radius 1 is 1.41 bits per heavy atom. The summed E-state index contributed by atoms with van der Waals surface area (Å²) in [7, 11) is 0. The summed E-state index contributed by atoms with van der Waals surface area (Å²) < 4.78 is 32.1. The van der Waals surface area contributed by atoms with E-state index in [1.54, 1.807) is 12.4 Å². The van der Waals surface area contributed by atoms with Crippen molar-refractivity contribution >= 4 is 16.9 Å². The number of alkyl halides is 2. The zero-order chi connectivity index (χ0) is 19.7. The average Bonchev–Trinajstić information content (AvgIpc) is 3.13. The van der Waals surface area contributed by atoms with Gasteiger partial charge in [0.05, 0.1) is 17.1 Å². The Morgan fingerprint density at radius 3 is 2.81 bits per heavy atom. The maximum Gasteiger partial charge on any atom is 0.239 e. The monoisotopic (exact) mass is 380 g/mol. The Kier molecular flexibility index (Phi) is 5.48. The Bertz CT molecular complexity index is 771. The van der Waals surface area contributed by atoms with Crippen molar-refractivity contribution in [1.82, 2.24) is 20.5 Å². The highest BCUT2D eigenvalue weighted by molar-refractivity contribution is 5.83. The van der Waals surface area contributed by atoms with E-state index in [1.807, 2.05) is 26.0 Å². The minimum atomic E-state index is -1.48. The molecule has 0 aliphatic carbocycles. The summed E-state index contributed by atoms with van der Waals surface area (Å²) in [5.74, 6) is 0.381. The number of furan rings is 1. The van der Waals surface area contributed by atoms with Crippen LogP contribution in [0.25, 0.3) is 11.0 Å². The van der Waals surface area contributed by atoms with Crippen molar-refractivity contribution in [3.8, 4) is 0 Å². The van der Waals surface area contributed by atoms with Crippen LogP contribution >= 0.6 is 0 Å². The van der Waals surface area contributed by atoms with Crippen LogP contribution in [0, 0.1) is 0 Å². The third kappa shape index (κ3) is 3.96. The Labute approximate surface area is 157 Å². The van der Waals surface area contributed by atoms with E-state index in [-0.39, 0.29) is 0 Å². The summed E-state index contributed by atoms with van der Waals surface area (Å²) in [5, 5.41) is 6.54. The number of nitrogens with zero attached hydrogens (tertiary/aromatic N) is 2. The summed E-state index contributed by atoms with van der Waals surface area (Å²) in [6.07, 6.45) is 3.43. The molecule has 1 aliphatic heterocycles. The van der Waals surface area contributed by atoms with Crippen molar-refractivity contribution in [3.05, 3.63) is 30.3 Å². The van der Waals surface area contributed by atoms with Crippen LogP contribution in [0.15, 0.2) is 28.9 Å². The van der Waals surface area contributed by atoms with Crippen LogP contribution in [0.2, 0.25) is 0 Å². The van der Waals surface area contributed by atoms with Gasteiger partial charge in [-0.2, -0.15) is 0 Å². The second-order valence-electron chi connectivity index (χ2n) is 7.85. The molecule has 1 fully saturated rings. The lowest BCUT2D eigenvalue weighted by Gasteiger charge is -2.42. The van der Waals surface area contributed by atoms with Crippen LogP contribution in [0.1, 0.15) is 26.5 Å². The maximum absolute atomic E-state index is 13.1. The molecule has 2 aromatic rings. The van der Waals surface area contributed by atoms with Crippen molar-refractivity contribution < 1.29 is 18.0 Å². The van der Waals surface area contributed by atoms with Crippen molar-refractivity contribution in [3.63, 3.8) is 0 Å². The molecule has 148 valence electrons. The van der Waals surface area contributed by atoms with Crippen LogP contribution in [0.5, 0.6) is 0 Å². The fourth-order valence-corrected chi connectivity index (χ4v) is 3.26. The molecule has 1 saturated heterocycles. The molecule has 0 radical (unpaired) electrons. The van der Waals surface area contributed by atoms with Crippen molar-refractivity contribution in [2.24, 2.45) is 0 Å². The molecule has 0 aromatic carbocycles. The van der Waals surface area contributed by atoms with Crippen molar-refractivity contribution in [2.75, 3.05) is 33.0 Å². The predicted molar refractivity (Wildman–Crippen MR) is 98.9 cm³/mol. The maximum atomic E-state index is 13.1. The molecule has 0 spiro atoms. The van der Waals surface area contributed by atoms with E-state index in [9.17, 15) is 13.6 Å². The van der Waals surface area contributed by atoms with E-state index >= 15 is 0 Å². The van der Waals surface area contributed by atoms with Gasteiger partial charge in [-0.15, -0.1) is 0 Å². The van der Waals surface area contributed by atoms with Gasteiger partial charge in [0.25, 0.3) is 0 Å². The van der Waals surface area contributed by atoms with Gasteiger partial charge in [-0.1, -0.05) is 0 Å². The number of amides is 1. The molecule has 1 aliphatic rings. The van der Waals surface area contributed by atoms with Gasteiger partial charge in [0.15, 0.2) is 0 Å². The predicted octanol–water partition coefficient (Wildman–Crippen LogP) is 2.15. The van der Waals surface area contributed by atoms with Gasteiger partial charge in [0.2, 0.25) is 5.91 Å². The van der Waals surface area contributed by atoms with E-state index in [0.717, 1.165) is 23.3 Å². The number of rotatable bonds is 6. The molecule has 1 amide bonds. The number of fused-ring (bicyclic) bond motifs is 1. The molecule has 8 heteroatoms. The third-order valence-electron chi connectivity index (χ3n) is 5.22. The van der Waals surface area contributed by atoms with Gasteiger partial charge in [0, 0.05) is 37.4 Å². The minimum Gasteiger partial charge on any atom is -0.459 e. The number of carbonyl (C=O) groups excluding carboxylic acids is 1. The topological polar surface area (TPSA) is 70.4 Å². The summed E-state index contributed by atoms with van der Waals surface area (Å²) in [6.45, 7) is 5.23. The molecule has 0 saturated carbocycles. The first-order valence-electron chi connectivity index (χ1n) is 9.05. The highest BCUT2D eigenvalue weighted by Gasteiger charge is 2.38. The van der Waals surface area contributed by atoms with Crippen LogP contribution in [-0.4, -0.2) is 60.4 Å². The van der Waals surface area contributed by atoms with Crippen molar-refractivity contribution in [2.45, 2.75) is 37.9 Å². The van der Waals surface area contributed by atoms with Crippen LogP contribution in [0.4, 0.5) is 8.78 Å². The van der Waals surface area contributed by atoms with Gasteiger partial charge in [-0.25, -0.2) is 8.78 Å². The lowest BCUT2D eigenvalue weighted by molar-refractivity contribution is -0.127. The standard InChI is InChI=1S/C19H26F2N4O2/c1-18(2,16-8-13-9-22-5-4-15(13)27-16)25-7-6-23-14(10-25)17(26)24-19(3,11-20)12-21/h4-5,8-9,14,23H,6-7,10-12H2,1-3H3,(H,24,26)/t14-/m0/s1. The number of aromatic nitrogens is 1. The minimum absolute atomic E-state index is 0.401. The zero-order valence-corrected chi connectivity index (χ0v) is 15.9.